The Morgan fingerprint density at radius 1 is 1.19 bits per heavy atom. The molecule has 3 atom stereocenters. The van der Waals surface area contributed by atoms with Crippen LogP contribution < -0.4 is 5.32 Å². The highest BCUT2D eigenvalue weighted by molar-refractivity contribution is 8.07. The highest BCUT2D eigenvalue weighted by atomic mass is 32.2. The largest absolute Gasteiger partial charge is 0.316 e. The minimum absolute atomic E-state index is 0.604. The van der Waals surface area contributed by atoms with Crippen molar-refractivity contribution in [2.45, 2.75) is 55.6 Å². The van der Waals surface area contributed by atoms with Crippen molar-refractivity contribution in [2.24, 2.45) is 0 Å². The molecule has 0 aromatic heterocycles. The summed E-state index contributed by atoms with van der Waals surface area (Å²) in [4.78, 5) is 0. The van der Waals surface area contributed by atoms with E-state index in [4.69, 9.17) is 0 Å². The summed E-state index contributed by atoms with van der Waals surface area (Å²) >= 11 is 4.37. The normalized spacial score (nSPS) is 26.6. The lowest BCUT2D eigenvalue weighted by Gasteiger charge is -2.36. The average Bonchev–Trinajstić information content (AvgIpc) is 3.00. The van der Waals surface area contributed by atoms with Gasteiger partial charge in [-0.05, 0) is 55.8 Å². The lowest BCUT2D eigenvalue weighted by molar-refractivity contribution is 0.517. The summed E-state index contributed by atoms with van der Waals surface area (Å²) < 4.78 is 0. The second-order valence-corrected chi connectivity index (χ2v) is 8.84. The van der Waals surface area contributed by atoms with Gasteiger partial charge in [-0.25, -0.2) is 0 Å². The molecule has 1 saturated heterocycles. The number of hydrogen-bond acceptors (Lipinski definition) is 3. The van der Waals surface area contributed by atoms with Crippen LogP contribution in [0.25, 0.3) is 0 Å². The third-order valence-electron chi connectivity index (χ3n) is 4.88. The minimum Gasteiger partial charge on any atom is -0.316 e. The Morgan fingerprint density at radius 2 is 2.00 bits per heavy atom. The van der Waals surface area contributed by atoms with Gasteiger partial charge >= 0.3 is 0 Å². The van der Waals surface area contributed by atoms with Gasteiger partial charge in [-0.3, -0.25) is 0 Å². The Kier molecular flexibility index (Phi) is 5.58. The topological polar surface area (TPSA) is 12.0 Å². The molecule has 1 aromatic carbocycles. The molecule has 3 unspecified atom stereocenters. The van der Waals surface area contributed by atoms with E-state index in [-0.39, 0.29) is 0 Å². The molecule has 0 saturated carbocycles. The quantitative estimate of drug-likeness (QED) is 0.882. The first-order valence-corrected chi connectivity index (χ1v) is 10.4. The van der Waals surface area contributed by atoms with Crippen molar-refractivity contribution in [3.05, 3.63) is 34.9 Å². The fourth-order valence-electron chi connectivity index (χ4n) is 3.70. The van der Waals surface area contributed by atoms with Crippen LogP contribution in [0.3, 0.4) is 0 Å². The Balaban J connectivity index is 1.71. The maximum Gasteiger partial charge on any atom is 0.0323 e. The van der Waals surface area contributed by atoms with Gasteiger partial charge in [0.1, 0.15) is 0 Å². The number of likely N-dealkylation sites (N-methyl/N-ethyl adjacent to an activating group) is 1. The summed E-state index contributed by atoms with van der Waals surface area (Å²) in [6.07, 6.45) is 6.40. The van der Waals surface area contributed by atoms with E-state index in [1.165, 1.54) is 49.2 Å². The first-order valence-electron chi connectivity index (χ1n) is 8.33. The van der Waals surface area contributed by atoms with Crippen molar-refractivity contribution < 1.29 is 0 Å². The number of hydrogen-bond donors (Lipinski definition) is 1. The summed E-state index contributed by atoms with van der Waals surface area (Å²) in [5.41, 5.74) is 4.73. The molecule has 21 heavy (non-hydrogen) atoms. The van der Waals surface area contributed by atoms with Crippen molar-refractivity contribution in [2.75, 3.05) is 18.6 Å². The van der Waals surface area contributed by atoms with Gasteiger partial charge < -0.3 is 5.32 Å². The van der Waals surface area contributed by atoms with Gasteiger partial charge in [-0.1, -0.05) is 25.1 Å². The third-order valence-corrected chi connectivity index (χ3v) is 8.29. The summed E-state index contributed by atoms with van der Waals surface area (Å²) in [6, 6.07) is 7.83. The molecular formula is C18H27NS2. The van der Waals surface area contributed by atoms with Gasteiger partial charge in [-0.2, -0.15) is 23.5 Å². The molecule has 0 bridgehead atoms. The van der Waals surface area contributed by atoms with Gasteiger partial charge in [0.05, 0.1) is 0 Å². The number of aryl methyl sites for hydroxylation is 2. The van der Waals surface area contributed by atoms with E-state index < -0.39 is 0 Å². The number of rotatable bonds is 5. The molecule has 1 aliphatic heterocycles. The first kappa shape index (κ1) is 15.8. The number of nitrogens with one attached hydrogen (secondary N) is 1. The zero-order chi connectivity index (χ0) is 14.7. The van der Waals surface area contributed by atoms with Crippen LogP contribution in [0.4, 0.5) is 0 Å². The maximum absolute atomic E-state index is 3.62. The fraction of sp³-hybridized carbons (Fsp3) is 0.667. The first-order chi connectivity index (χ1) is 10.3. The second kappa shape index (κ2) is 7.43. The molecular weight excluding hydrogens is 294 g/mol. The zero-order valence-electron chi connectivity index (χ0n) is 13.2. The molecule has 3 heteroatoms. The van der Waals surface area contributed by atoms with E-state index >= 15 is 0 Å². The van der Waals surface area contributed by atoms with Crippen LogP contribution >= 0.6 is 23.5 Å². The van der Waals surface area contributed by atoms with Gasteiger partial charge in [-0.15, -0.1) is 0 Å². The lowest BCUT2D eigenvalue weighted by Crippen LogP contribution is -2.45. The zero-order valence-corrected chi connectivity index (χ0v) is 14.9. The lowest BCUT2D eigenvalue weighted by atomic mass is 9.97. The molecule has 3 rings (SSSR count). The predicted octanol–water partition coefficient (Wildman–Crippen LogP) is 3.93. The van der Waals surface area contributed by atoms with Gasteiger partial charge in [0.15, 0.2) is 0 Å². The molecule has 116 valence electrons. The summed E-state index contributed by atoms with van der Waals surface area (Å²) in [5, 5.41) is 5.19. The molecule has 1 aromatic rings. The number of benzene rings is 1. The fourth-order valence-corrected chi connectivity index (χ4v) is 7.00. The smallest absolute Gasteiger partial charge is 0.0323 e. The molecule has 0 spiro atoms. The monoisotopic (exact) mass is 321 g/mol. The summed E-state index contributed by atoms with van der Waals surface area (Å²) in [6.45, 7) is 2.35. The molecule has 1 N–H and O–H groups in total. The maximum atomic E-state index is 3.62. The van der Waals surface area contributed by atoms with E-state index in [0.717, 1.165) is 10.5 Å². The Morgan fingerprint density at radius 3 is 2.81 bits per heavy atom. The molecule has 0 amide bonds. The predicted molar refractivity (Wildman–Crippen MR) is 97.8 cm³/mol. The molecule has 0 radical (unpaired) electrons. The SMILES string of the molecule is CCC1SCCSC1C(Cc1ccc2c(c1)CCC2)NC. The van der Waals surface area contributed by atoms with Gasteiger partial charge in [0, 0.05) is 28.0 Å². The van der Waals surface area contributed by atoms with Crippen molar-refractivity contribution in [1.29, 1.82) is 0 Å². The van der Waals surface area contributed by atoms with Crippen LogP contribution in [0.2, 0.25) is 0 Å². The Bertz CT molecular complexity index is 474. The van der Waals surface area contributed by atoms with Crippen LogP contribution in [0.5, 0.6) is 0 Å². The van der Waals surface area contributed by atoms with Crippen LogP contribution in [0.1, 0.15) is 36.5 Å². The number of thioether (sulfide) groups is 2. The molecule has 1 fully saturated rings. The van der Waals surface area contributed by atoms with Crippen LogP contribution in [-0.2, 0) is 19.3 Å². The highest BCUT2D eigenvalue weighted by Gasteiger charge is 2.31. The Hall–Kier alpha value is -0.120. The van der Waals surface area contributed by atoms with Crippen LogP contribution in [0, 0.1) is 0 Å². The third kappa shape index (κ3) is 3.62. The van der Waals surface area contributed by atoms with E-state index in [9.17, 15) is 0 Å². The number of fused-ring (bicyclic) bond motifs is 1. The summed E-state index contributed by atoms with van der Waals surface area (Å²) in [7, 11) is 2.14. The van der Waals surface area contributed by atoms with Crippen molar-refractivity contribution >= 4 is 23.5 Å². The van der Waals surface area contributed by atoms with Gasteiger partial charge in [0.25, 0.3) is 0 Å². The molecule has 2 aliphatic rings. The molecule has 1 nitrogen and oxygen atoms in total. The molecule has 1 heterocycles. The second-order valence-electron chi connectivity index (χ2n) is 6.21. The van der Waals surface area contributed by atoms with Crippen LogP contribution in [-0.4, -0.2) is 35.1 Å². The van der Waals surface area contributed by atoms with Crippen molar-refractivity contribution in [3.63, 3.8) is 0 Å². The van der Waals surface area contributed by atoms with E-state index in [1.807, 2.05) is 0 Å². The minimum atomic E-state index is 0.604. The summed E-state index contributed by atoms with van der Waals surface area (Å²) in [5.74, 6) is 2.64. The van der Waals surface area contributed by atoms with E-state index in [0.29, 0.717) is 6.04 Å². The van der Waals surface area contributed by atoms with Gasteiger partial charge in [0.2, 0.25) is 0 Å². The average molecular weight is 322 g/mol. The molecule has 1 aliphatic carbocycles. The highest BCUT2D eigenvalue weighted by Crippen LogP contribution is 2.36. The van der Waals surface area contributed by atoms with E-state index in [2.05, 4.69) is 61.0 Å². The van der Waals surface area contributed by atoms with Crippen molar-refractivity contribution in [3.8, 4) is 0 Å². The standard InChI is InChI=1S/C18H27NS2/c1-3-17-18(21-10-9-20-17)16(19-2)12-13-7-8-14-5-4-6-15(14)11-13/h7-8,11,16-19H,3-6,9-10,12H2,1-2H3. The van der Waals surface area contributed by atoms with E-state index in [1.54, 1.807) is 11.1 Å². The Labute approximate surface area is 138 Å². The van der Waals surface area contributed by atoms with Crippen molar-refractivity contribution in [1.82, 2.24) is 5.32 Å². The van der Waals surface area contributed by atoms with Crippen LogP contribution in [0.15, 0.2) is 18.2 Å².